The molecule has 0 aliphatic rings. The van der Waals surface area contributed by atoms with Gasteiger partial charge in [0.2, 0.25) is 5.70 Å². The zero-order valence-electron chi connectivity index (χ0n) is 11.6. The number of esters is 1. The molecule has 1 aromatic carbocycles. The predicted molar refractivity (Wildman–Crippen MR) is 94.6 cm³/mol. The Bertz CT molecular complexity index is 788. The highest BCUT2D eigenvalue weighted by Gasteiger charge is 2.21. The number of carbonyl (C=O) groups is 1. The fraction of sp³-hybridized carbons (Fsp3) is 0.0714. The first-order valence-electron chi connectivity index (χ1n) is 6.06. The van der Waals surface area contributed by atoms with E-state index >= 15 is 0 Å². The third-order valence-electron chi connectivity index (χ3n) is 2.61. The smallest absolute Gasteiger partial charge is 0.362 e. The van der Waals surface area contributed by atoms with Gasteiger partial charge >= 0.3 is 5.97 Å². The fourth-order valence-electron chi connectivity index (χ4n) is 1.53. The third-order valence-corrected chi connectivity index (χ3v) is 4.62. The minimum atomic E-state index is -0.846. The second-order valence-corrected chi connectivity index (χ2v) is 7.30. The van der Waals surface area contributed by atoms with E-state index in [-0.39, 0.29) is 15.6 Å². The number of hydrogen-bond donors (Lipinski definition) is 1. The predicted octanol–water partition coefficient (Wildman–Crippen LogP) is 6.00. The number of ether oxygens (including phenoxy) is 1. The Balaban J connectivity index is 2.44. The highest BCUT2D eigenvalue weighted by molar-refractivity contribution is 9.10. The molecule has 0 unspecified atom stereocenters. The number of halogens is 3. The fourth-order valence-corrected chi connectivity index (χ4v) is 3.26. The first kappa shape index (κ1) is 17.9. The van der Waals surface area contributed by atoms with Crippen LogP contribution in [0.1, 0.15) is 5.56 Å². The van der Waals surface area contributed by atoms with Crippen LogP contribution < -0.4 is 0 Å². The van der Waals surface area contributed by atoms with Crippen LogP contribution in [-0.2, 0) is 9.53 Å². The van der Waals surface area contributed by atoms with Crippen molar-refractivity contribution in [2.75, 3.05) is 7.11 Å². The monoisotopic (exact) mass is 434 g/mol. The van der Waals surface area contributed by atoms with Crippen LogP contribution in [0.3, 0.4) is 0 Å². The Morgan fingerprint density at radius 2 is 1.96 bits per heavy atom. The van der Waals surface area contributed by atoms with Gasteiger partial charge in [0.05, 0.1) is 22.7 Å². The van der Waals surface area contributed by atoms with Crippen molar-refractivity contribution in [3.8, 4) is 0 Å². The number of benzene rings is 1. The van der Waals surface area contributed by atoms with Gasteiger partial charge in [-0.25, -0.2) is 4.79 Å². The van der Waals surface area contributed by atoms with Gasteiger partial charge in [0, 0.05) is 4.47 Å². The molecular formula is C14H9BrCl2N2O3S. The van der Waals surface area contributed by atoms with Gasteiger partial charge in [0.1, 0.15) is 4.34 Å². The van der Waals surface area contributed by atoms with Gasteiger partial charge in [-0.3, -0.25) is 0 Å². The zero-order chi connectivity index (χ0) is 17.0. The maximum Gasteiger partial charge on any atom is 0.362 e. The molecule has 120 valence electrons. The molecule has 2 aromatic rings. The summed E-state index contributed by atoms with van der Waals surface area (Å²) < 4.78 is 6.09. The molecule has 0 atom stereocenters. The van der Waals surface area contributed by atoms with Crippen molar-refractivity contribution < 1.29 is 14.6 Å². The van der Waals surface area contributed by atoms with Crippen molar-refractivity contribution in [3.05, 3.63) is 54.7 Å². The molecule has 2 rings (SSSR count). The number of nitrogens with zero attached hydrogens (tertiary/aromatic N) is 2. The Hall–Kier alpha value is -1.41. The molecule has 0 saturated carbocycles. The number of aliphatic hydroxyl groups is 1. The molecule has 0 spiro atoms. The van der Waals surface area contributed by atoms with Gasteiger partial charge in [-0.05, 0) is 30.3 Å². The highest BCUT2D eigenvalue weighted by atomic mass is 79.9. The van der Waals surface area contributed by atoms with Gasteiger partial charge < -0.3 is 9.84 Å². The third kappa shape index (κ3) is 4.54. The maximum atomic E-state index is 11.8. The van der Waals surface area contributed by atoms with Gasteiger partial charge in [-0.1, -0.05) is 39.1 Å². The molecule has 23 heavy (non-hydrogen) atoms. The van der Waals surface area contributed by atoms with Crippen LogP contribution in [0.5, 0.6) is 0 Å². The summed E-state index contributed by atoms with van der Waals surface area (Å²) in [4.78, 5) is 11.8. The summed E-state index contributed by atoms with van der Waals surface area (Å²) in [6.45, 7) is 0. The molecule has 0 aliphatic carbocycles. The Morgan fingerprint density at radius 3 is 2.48 bits per heavy atom. The van der Waals surface area contributed by atoms with E-state index in [0.29, 0.717) is 10.0 Å². The first-order chi connectivity index (χ1) is 10.9. The Morgan fingerprint density at radius 1 is 1.30 bits per heavy atom. The lowest BCUT2D eigenvalue weighted by Crippen LogP contribution is -2.05. The first-order valence-corrected chi connectivity index (χ1v) is 8.43. The Labute approximate surface area is 154 Å². The van der Waals surface area contributed by atoms with E-state index in [2.05, 4.69) is 30.9 Å². The summed E-state index contributed by atoms with van der Waals surface area (Å²) in [6.07, 6.45) is 0. The van der Waals surface area contributed by atoms with Gasteiger partial charge in [0.15, 0.2) is 5.76 Å². The van der Waals surface area contributed by atoms with E-state index < -0.39 is 11.7 Å². The summed E-state index contributed by atoms with van der Waals surface area (Å²) in [5.41, 5.74) is 0.320. The van der Waals surface area contributed by atoms with Crippen LogP contribution in [0.25, 0.3) is 5.76 Å². The molecule has 0 radical (unpaired) electrons. The summed E-state index contributed by atoms with van der Waals surface area (Å²) in [6, 6.07) is 8.35. The lowest BCUT2D eigenvalue weighted by molar-refractivity contribution is -0.136. The van der Waals surface area contributed by atoms with Crippen LogP contribution in [0.4, 0.5) is 5.69 Å². The quantitative estimate of drug-likeness (QED) is 0.277. The molecule has 0 saturated heterocycles. The van der Waals surface area contributed by atoms with Crippen LogP contribution in [0.15, 0.2) is 50.7 Å². The second-order valence-electron chi connectivity index (χ2n) is 4.10. The van der Waals surface area contributed by atoms with Crippen LogP contribution in [-0.4, -0.2) is 18.2 Å². The van der Waals surface area contributed by atoms with Crippen molar-refractivity contribution in [1.29, 1.82) is 0 Å². The number of rotatable bonds is 4. The number of carbonyl (C=O) groups excluding carboxylic acids is 1. The molecule has 5 nitrogen and oxygen atoms in total. The number of hydrogen-bond acceptors (Lipinski definition) is 6. The van der Waals surface area contributed by atoms with Gasteiger partial charge in [0.25, 0.3) is 0 Å². The number of thiophene rings is 1. The zero-order valence-corrected chi connectivity index (χ0v) is 15.5. The average Bonchev–Trinajstić information content (AvgIpc) is 2.87. The van der Waals surface area contributed by atoms with Crippen molar-refractivity contribution in [2.45, 2.75) is 0 Å². The lowest BCUT2D eigenvalue weighted by atomic mass is 10.2. The molecule has 1 aromatic heterocycles. The highest BCUT2D eigenvalue weighted by Crippen LogP contribution is 2.36. The van der Waals surface area contributed by atoms with E-state index in [0.717, 1.165) is 15.8 Å². The van der Waals surface area contributed by atoms with Crippen molar-refractivity contribution in [2.24, 2.45) is 10.2 Å². The normalized spacial score (nSPS) is 12.3. The van der Waals surface area contributed by atoms with Crippen LogP contribution in [0, 0.1) is 0 Å². The minimum Gasteiger partial charge on any atom is -0.505 e. The molecule has 1 N–H and O–H groups in total. The summed E-state index contributed by atoms with van der Waals surface area (Å²) in [7, 11) is 1.17. The standard InChI is InChI=1S/C14H9BrCl2N2O3S/c1-22-14(21)11(12(20)9-6-10(16)23-13(9)17)19-18-8-4-2-7(15)3-5-8/h2-6,20H,1H3/b12-11-,19-18?. The maximum absolute atomic E-state index is 11.8. The number of azo groups is 1. The SMILES string of the molecule is COC(=O)/C(N=Nc1ccc(Br)cc1)=C(/O)c1cc(Cl)sc1Cl. The van der Waals surface area contributed by atoms with Crippen molar-refractivity contribution in [1.82, 2.24) is 0 Å². The average molecular weight is 436 g/mol. The van der Waals surface area contributed by atoms with E-state index in [4.69, 9.17) is 23.2 Å². The molecule has 0 fully saturated rings. The second kappa shape index (κ2) is 7.92. The molecular weight excluding hydrogens is 427 g/mol. The van der Waals surface area contributed by atoms with Crippen molar-refractivity contribution in [3.63, 3.8) is 0 Å². The topological polar surface area (TPSA) is 71.2 Å². The number of aliphatic hydroxyl groups excluding tert-OH is 1. The summed E-state index contributed by atoms with van der Waals surface area (Å²) >= 11 is 16.2. The van der Waals surface area contributed by atoms with E-state index in [1.807, 2.05) is 0 Å². The van der Waals surface area contributed by atoms with E-state index in [1.165, 1.54) is 13.2 Å². The summed E-state index contributed by atoms with van der Waals surface area (Å²) in [5.74, 6) is -1.30. The molecule has 9 heteroatoms. The Kier molecular flexibility index (Phi) is 6.17. The molecule has 0 bridgehead atoms. The largest absolute Gasteiger partial charge is 0.505 e. The van der Waals surface area contributed by atoms with Gasteiger partial charge in [-0.2, -0.15) is 5.11 Å². The van der Waals surface area contributed by atoms with Crippen molar-refractivity contribution >= 4 is 67.9 Å². The molecule has 0 amide bonds. The van der Waals surface area contributed by atoms with Crippen LogP contribution >= 0.6 is 50.5 Å². The minimum absolute atomic E-state index is 0.192. The van der Waals surface area contributed by atoms with E-state index in [1.54, 1.807) is 24.3 Å². The number of methoxy groups -OCH3 is 1. The molecule has 1 heterocycles. The van der Waals surface area contributed by atoms with Crippen LogP contribution in [0.2, 0.25) is 8.67 Å². The summed E-state index contributed by atoms with van der Waals surface area (Å²) in [5, 5.41) is 18.0. The van der Waals surface area contributed by atoms with E-state index in [9.17, 15) is 9.90 Å². The molecule has 0 aliphatic heterocycles. The van der Waals surface area contributed by atoms with Gasteiger partial charge in [-0.15, -0.1) is 16.5 Å². The lowest BCUT2D eigenvalue weighted by Gasteiger charge is -2.03.